The van der Waals surface area contributed by atoms with Gasteiger partial charge in [0.25, 0.3) is 5.91 Å². The molecule has 0 aromatic heterocycles. The van der Waals surface area contributed by atoms with Gasteiger partial charge in [0.1, 0.15) is 6.54 Å². The lowest BCUT2D eigenvalue weighted by atomic mass is 10.1. The van der Waals surface area contributed by atoms with E-state index in [2.05, 4.69) is 0 Å². The summed E-state index contributed by atoms with van der Waals surface area (Å²) in [6.07, 6.45) is -3.91. The van der Waals surface area contributed by atoms with Crippen molar-refractivity contribution in [3.05, 3.63) is 35.4 Å². The van der Waals surface area contributed by atoms with Crippen LogP contribution in [-0.2, 0) is 11.0 Å². The number of carbonyl (C=O) groups is 2. The third kappa shape index (κ3) is 4.25. The van der Waals surface area contributed by atoms with E-state index in [-0.39, 0.29) is 12.1 Å². The molecule has 0 aliphatic carbocycles. The van der Waals surface area contributed by atoms with Gasteiger partial charge in [-0.15, -0.1) is 0 Å². The zero-order chi connectivity index (χ0) is 15.3. The first-order chi connectivity index (χ1) is 9.25. The quantitative estimate of drug-likeness (QED) is 0.906. The van der Waals surface area contributed by atoms with Crippen molar-refractivity contribution in [2.45, 2.75) is 19.5 Å². The van der Waals surface area contributed by atoms with Crippen molar-refractivity contribution in [2.24, 2.45) is 0 Å². The Kier molecular flexibility index (Phi) is 5.12. The normalized spacial score (nSPS) is 11.2. The summed E-state index contributed by atoms with van der Waals surface area (Å²) in [5, 5.41) is 8.71. The highest BCUT2D eigenvalue weighted by molar-refractivity contribution is 5.95. The molecule has 1 rings (SSSR count). The lowest BCUT2D eigenvalue weighted by molar-refractivity contribution is -0.138. The van der Waals surface area contributed by atoms with E-state index in [0.29, 0.717) is 6.42 Å². The number of nitrogens with zero attached hydrogens (tertiary/aromatic N) is 1. The average Bonchev–Trinajstić information content (AvgIpc) is 2.36. The fraction of sp³-hybridized carbons (Fsp3) is 0.385. The minimum Gasteiger partial charge on any atom is -0.480 e. The molecule has 0 fully saturated rings. The second kappa shape index (κ2) is 6.40. The van der Waals surface area contributed by atoms with Crippen LogP contribution in [0.3, 0.4) is 0 Å². The minimum atomic E-state index is -4.47. The van der Waals surface area contributed by atoms with E-state index in [1.807, 2.05) is 0 Å². The Labute approximate surface area is 113 Å². The average molecular weight is 289 g/mol. The number of amides is 1. The molecular weight excluding hydrogens is 275 g/mol. The maximum atomic E-state index is 12.4. The zero-order valence-electron chi connectivity index (χ0n) is 10.8. The summed E-state index contributed by atoms with van der Waals surface area (Å²) in [7, 11) is 0. The molecule has 110 valence electrons. The van der Waals surface area contributed by atoms with Crippen LogP contribution in [0.15, 0.2) is 24.3 Å². The van der Waals surface area contributed by atoms with Gasteiger partial charge >= 0.3 is 12.1 Å². The van der Waals surface area contributed by atoms with Crippen LogP contribution in [0.4, 0.5) is 13.2 Å². The smallest absolute Gasteiger partial charge is 0.416 e. The van der Waals surface area contributed by atoms with Crippen LogP contribution in [0.5, 0.6) is 0 Å². The number of benzene rings is 1. The molecule has 1 amide bonds. The summed E-state index contributed by atoms with van der Waals surface area (Å²) in [5.74, 6) is -1.76. The summed E-state index contributed by atoms with van der Waals surface area (Å²) >= 11 is 0. The largest absolute Gasteiger partial charge is 0.480 e. The number of carboxylic acid groups (broad SMARTS) is 1. The Morgan fingerprint density at radius 1 is 1.20 bits per heavy atom. The van der Waals surface area contributed by atoms with Crippen molar-refractivity contribution in [3.8, 4) is 0 Å². The topological polar surface area (TPSA) is 57.6 Å². The number of hydrogen-bond donors (Lipinski definition) is 1. The number of rotatable bonds is 5. The number of halogens is 3. The van der Waals surface area contributed by atoms with Crippen LogP contribution in [-0.4, -0.2) is 35.0 Å². The molecule has 0 atom stereocenters. The van der Waals surface area contributed by atoms with Crippen LogP contribution in [0, 0.1) is 0 Å². The molecule has 4 nitrogen and oxygen atoms in total. The molecule has 7 heteroatoms. The fourth-order valence-electron chi connectivity index (χ4n) is 1.67. The minimum absolute atomic E-state index is 0.0349. The number of carboxylic acids is 1. The Balaban J connectivity index is 2.92. The molecule has 1 aromatic carbocycles. The fourth-order valence-corrected chi connectivity index (χ4v) is 1.67. The molecule has 0 unspecified atom stereocenters. The molecule has 0 bridgehead atoms. The standard InChI is InChI=1S/C13H14F3NO3/c1-2-7-17(8-11(18)19)12(20)9-3-5-10(6-4-9)13(14,15)16/h3-6H,2,7-8H2,1H3,(H,18,19). The van der Waals surface area contributed by atoms with Gasteiger partial charge in [-0.3, -0.25) is 9.59 Å². The van der Waals surface area contributed by atoms with E-state index in [1.165, 1.54) is 0 Å². The predicted octanol–water partition coefficient (Wildman–Crippen LogP) is 2.64. The Morgan fingerprint density at radius 3 is 2.15 bits per heavy atom. The second-order valence-corrected chi connectivity index (χ2v) is 4.20. The maximum absolute atomic E-state index is 12.4. The van der Waals surface area contributed by atoms with E-state index >= 15 is 0 Å². The summed E-state index contributed by atoms with van der Waals surface area (Å²) in [5.41, 5.74) is -0.818. The molecule has 0 spiro atoms. The van der Waals surface area contributed by atoms with E-state index in [4.69, 9.17) is 5.11 Å². The van der Waals surface area contributed by atoms with E-state index in [9.17, 15) is 22.8 Å². The second-order valence-electron chi connectivity index (χ2n) is 4.20. The monoisotopic (exact) mass is 289 g/mol. The van der Waals surface area contributed by atoms with E-state index in [0.717, 1.165) is 29.2 Å². The first kappa shape index (κ1) is 16.0. The van der Waals surface area contributed by atoms with Crippen LogP contribution in [0.25, 0.3) is 0 Å². The number of aliphatic carboxylic acids is 1. The van der Waals surface area contributed by atoms with Gasteiger partial charge in [-0.1, -0.05) is 6.92 Å². The van der Waals surface area contributed by atoms with Crippen molar-refractivity contribution in [1.82, 2.24) is 4.90 Å². The molecule has 0 aliphatic heterocycles. The van der Waals surface area contributed by atoms with Gasteiger partial charge in [-0.25, -0.2) is 0 Å². The molecule has 1 aromatic rings. The molecule has 0 saturated heterocycles. The molecule has 0 aliphatic rings. The number of hydrogen-bond acceptors (Lipinski definition) is 2. The highest BCUT2D eigenvalue weighted by Crippen LogP contribution is 2.29. The number of carbonyl (C=O) groups excluding carboxylic acids is 1. The van der Waals surface area contributed by atoms with E-state index < -0.39 is 30.2 Å². The first-order valence-corrected chi connectivity index (χ1v) is 5.94. The molecular formula is C13H14F3NO3. The van der Waals surface area contributed by atoms with Gasteiger partial charge in [0.15, 0.2) is 0 Å². The van der Waals surface area contributed by atoms with Crippen molar-refractivity contribution >= 4 is 11.9 Å². The third-order valence-electron chi connectivity index (χ3n) is 2.57. The van der Waals surface area contributed by atoms with Gasteiger partial charge in [-0.2, -0.15) is 13.2 Å². The van der Waals surface area contributed by atoms with Gasteiger partial charge in [0.05, 0.1) is 5.56 Å². The molecule has 0 heterocycles. The summed E-state index contributed by atoms with van der Waals surface area (Å²) < 4.78 is 37.2. The summed E-state index contributed by atoms with van der Waals surface area (Å²) in [6, 6.07) is 3.71. The van der Waals surface area contributed by atoms with Crippen molar-refractivity contribution in [3.63, 3.8) is 0 Å². The van der Waals surface area contributed by atoms with Crippen molar-refractivity contribution < 1.29 is 27.9 Å². The van der Waals surface area contributed by atoms with Crippen LogP contribution >= 0.6 is 0 Å². The molecule has 20 heavy (non-hydrogen) atoms. The third-order valence-corrected chi connectivity index (χ3v) is 2.57. The predicted molar refractivity (Wildman–Crippen MR) is 65.3 cm³/mol. The summed E-state index contributed by atoms with van der Waals surface area (Å²) in [4.78, 5) is 23.8. The van der Waals surface area contributed by atoms with Gasteiger partial charge in [0, 0.05) is 12.1 Å². The lowest BCUT2D eigenvalue weighted by Crippen LogP contribution is -2.36. The van der Waals surface area contributed by atoms with Crippen LogP contribution in [0.2, 0.25) is 0 Å². The molecule has 1 N–H and O–H groups in total. The first-order valence-electron chi connectivity index (χ1n) is 5.94. The van der Waals surface area contributed by atoms with Gasteiger partial charge in [-0.05, 0) is 30.7 Å². The Hall–Kier alpha value is -2.05. The van der Waals surface area contributed by atoms with Crippen LogP contribution < -0.4 is 0 Å². The number of alkyl halides is 3. The molecule has 0 radical (unpaired) electrons. The summed E-state index contributed by atoms with van der Waals surface area (Å²) in [6.45, 7) is 1.52. The Morgan fingerprint density at radius 2 is 1.75 bits per heavy atom. The molecule has 0 saturated carbocycles. The highest BCUT2D eigenvalue weighted by Gasteiger charge is 2.30. The van der Waals surface area contributed by atoms with E-state index in [1.54, 1.807) is 6.92 Å². The SMILES string of the molecule is CCCN(CC(=O)O)C(=O)c1ccc(C(F)(F)F)cc1. The highest BCUT2D eigenvalue weighted by atomic mass is 19.4. The van der Waals surface area contributed by atoms with Crippen LogP contribution in [0.1, 0.15) is 29.3 Å². The van der Waals surface area contributed by atoms with Crippen molar-refractivity contribution in [1.29, 1.82) is 0 Å². The zero-order valence-corrected chi connectivity index (χ0v) is 10.8. The van der Waals surface area contributed by atoms with Gasteiger partial charge < -0.3 is 10.0 Å². The van der Waals surface area contributed by atoms with Crippen molar-refractivity contribution in [2.75, 3.05) is 13.1 Å². The lowest BCUT2D eigenvalue weighted by Gasteiger charge is -2.20. The van der Waals surface area contributed by atoms with Gasteiger partial charge in [0.2, 0.25) is 0 Å². The maximum Gasteiger partial charge on any atom is 0.416 e. The Bertz CT molecular complexity index is 483.